The molecular weight excluding hydrogens is 308 g/mol. The lowest BCUT2D eigenvalue weighted by Gasteiger charge is -2.05. The number of esters is 1. The Hall–Kier alpha value is -0.880. The summed E-state index contributed by atoms with van der Waals surface area (Å²) in [4.78, 5) is 11.4. The van der Waals surface area contributed by atoms with E-state index in [4.69, 9.17) is 4.74 Å². The smallest absolute Gasteiger partial charge is 0.321 e. The summed E-state index contributed by atoms with van der Waals surface area (Å²) >= 11 is 3.21. The maximum Gasteiger partial charge on any atom is 0.321 e. The molecule has 1 rings (SSSR count). The van der Waals surface area contributed by atoms with E-state index in [2.05, 4.69) is 15.9 Å². The lowest BCUT2D eigenvalue weighted by molar-refractivity contribution is -0.140. The van der Waals surface area contributed by atoms with Crippen molar-refractivity contribution in [3.05, 3.63) is 28.7 Å². The average Bonchev–Trinajstić information content (AvgIpc) is 2.26. The van der Waals surface area contributed by atoms with Gasteiger partial charge < -0.3 is 4.74 Å². The number of carbonyl (C=O) groups is 1. The van der Waals surface area contributed by atoms with Crippen molar-refractivity contribution >= 4 is 31.7 Å². The zero-order valence-electron chi connectivity index (χ0n) is 9.35. The fourth-order valence-electron chi connectivity index (χ4n) is 1.14. The molecule has 0 aliphatic rings. The Morgan fingerprint density at radius 1 is 1.29 bits per heavy atom. The van der Waals surface area contributed by atoms with Crippen LogP contribution in [0.25, 0.3) is 0 Å². The number of sulfone groups is 1. The van der Waals surface area contributed by atoms with Crippen LogP contribution in [0, 0.1) is 0 Å². The highest BCUT2D eigenvalue weighted by Gasteiger charge is 2.19. The summed E-state index contributed by atoms with van der Waals surface area (Å²) in [6.07, 6.45) is 0.671. The molecule has 0 aliphatic heterocycles. The van der Waals surface area contributed by atoms with Gasteiger partial charge in [0.25, 0.3) is 0 Å². The Morgan fingerprint density at radius 3 is 2.41 bits per heavy atom. The van der Waals surface area contributed by atoms with Crippen LogP contribution in [0.15, 0.2) is 33.6 Å². The zero-order chi connectivity index (χ0) is 12.9. The highest BCUT2D eigenvalue weighted by atomic mass is 79.9. The van der Waals surface area contributed by atoms with Crippen molar-refractivity contribution in [1.29, 1.82) is 0 Å². The molecule has 1 aromatic carbocycles. The summed E-state index contributed by atoms with van der Waals surface area (Å²) in [7, 11) is -3.60. The Bertz CT molecular complexity index is 479. The van der Waals surface area contributed by atoms with Crippen molar-refractivity contribution in [2.75, 3.05) is 12.4 Å². The van der Waals surface area contributed by atoms with Gasteiger partial charge in [-0.05, 0) is 30.7 Å². The first-order valence-corrected chi connectivity index (χ1v) is 7.54. The van der Waals surface area contributed by atoms with E-state index in [0.29, 0.717) is 6.42 Å². The molecular formula is C11H13BrO4S. The van der Waals surface area contributed by atoms with Gasteiger partial charge in [-0.2, -0.15) is 0 Å². The second-order valence-electron chi connectivity index (χ2n) is 3.43. The minimum absolute atomic E-state index is 0.120. The minimum atomic E-state index is -3.60. The molecule has 1 aromatic rings. The molecule has 0 aromatic heterocycles. The van der Waals surface area contributed by atoms with Crippen molar-refractivity contribution in [2.45, 2.75) is 18.2 Å². The summed E-state index contributed by atoms with van der Waals surface area (Å²) in [6.45, 7) is 2.09. The summed E-state index contributed by atoms with van der Waals surface area (Å²) in [5.74, 6) is -1.33. The van der Waals surface area contributed by atoms with Gasteiger partial charge in [0.1, 0.15) is 0 Å². The summed E-state index contributed by atoms with van der Waals surface area (Å²) < 4.78 is 29.1. The largest absolute Gasteiger partial charge is 0.465 e. The molecule has 0 spiro atoms. The molecule has 17 heavy (non-hydrogen) atoms. The lowest BCUT2D eigenvalue weighted by atomic mass is 10.4. The number of hydrogen-bond donors (Lipinski definition) is 0. The fraction of sp³-hybridized carbons (Fsp3) is 0.364. The van der Waals surface area contributed by atoms with Gasteiger partial charge in [0.2, 0.25) is 0 Å². The molecule has 0 radical (unpaired) electrons. The van der Waals surface area contributed by atoms with Crippen molar-refractivity contribution in [3.8, 4) is 0 Å². The van der Waals surface area contributed by atoms with Crippen LogP contribution in [-0.2, 0) is 19.4 Å². The number of benzene rings is 1. The van der Waals surface area contributed by atoms with Gasteiger partial charge in [-0.15, -0.1) is 0 Å². The van der Waals surface area contributed by atoms with Gasteiger partial charge in [-0.25, -0.2) is 8.42 Å². The van der Waals surface area contributed by atoms with Crippen LogP contribution in [-0.4, -0.2) is 26.7 Å². The first-order valence-electron chi connectivity index (χ1n) is 5.09. The standard InChI is InChI=1S/C11H13BrO4S/c1-2-7-16-11(13)8-17(14,15)10-5-3-9(12)4-6-10/h3-6H,2,7-8H2,1H3. The van der Waals surface area contributed by atoms with Gasteiger partial charge in [-0.3, -0.25) is 4.79 Å². The first-order chi connectivity index (χ1) is 7.95. The molecule has 94 valence electrons. The van der Waals surface area contributed by atoms with E-state index in [-0.39, 0.29) is 11.5 Å². The maximum absolute atomic E-state index is 11.8. The quantitative estimate of drug-likeness (QED) is 0.780. The predicted octanol–water partition coefficient (Wildman–Crippen LogP) is 2.18. The van der Waals surface area contributed by atoms with Gasteiger partial charge >= 0.3 is 5.97 Å². The minimum Gasteiger partial charge on any atom is -0.465 e. The summed E-state index contributed by atoms with van der Waals surface area (Å²) in [6, 6.07) is 6.13. The number of ether oxygens (including phenoxy) is 1. The van der Waals surface area contributed by atoms with Crippen LogP contribution in [0.3, 0.4) is 0 Å². The first kappa shape index (κ1) is 14.2. The Balaban J connectivity index is 2.75. The van der Waals surface area contributed by atoms with Gasteiger partial charge in [-0.1, -0.05) is 22.9 Å². The van der Waals surface area contributed by atoms with E-state index >= 15 is 0 Å². The molecule has 0 bridgehead atoms. The van der Waals surface area contributed by atoms with Crippen LogP contribution in [0.1, 0.15) is 13.3 Å². The number of rotatable bonds is 5. The second-order valence-corrected chi connectivity index (χ2v) is 6.34. The molecule has 0 amide bonds. The summed E-state index contributed by atoms with van der Waals surface area (Å²) in [5, 5.41) is 0. The van der Waals surface area contributed by atoms with E-state index < -0.39 is 21.6 Å². The van der Waals surface area contributed by atoms with Gasteiger partial charge in [0, 0.05) is 4.47 Å². The normalized spacial score (nSPS) is 11.2. The molecule has 0 heterocycles. The molecule has 0 atom stereocenters. The van der Waals surface area contributed by atoms with E-state index in [1.807, 2.05) is 6.92 Å². The monoisotopic (exact) mass is 320 g/mol. The Kier molecular flexibility index (Phi) is 5.14. The third-order valence-electron chi connectivity index (χ3n) is 1.95. The topological polar surface area (TPSA) is 60.4 Å². The van der Waals surface area contributed by atoms with Gasteiger partial charge in [0.05, 0.1) is 11.5 Å². The SMILES string of the molecule is CCCOC(=O)CS(=O)(=O)c1ccc(Br)cc1. The van der Waals surface area contributed by atoms with Crippen molar-refractivity contribution in [2.24, 2.45) is 0 Å². The highest BCUT2D eigenvalue weighted by Crippen LogP contribution is 2.16. The van der Waals surface area contributed by atoms with E-state index in [1.165, 1.54) is 12.1 Å². The van der Waals surface area contributed by atoms with Crippen LogP contribution < -0.4 is 0 Å². The molecule has 4 nitrogen and oxygen atoms in total. The number of carbonyl (C=O) groups excluding carboxylic acids is 1. The summed E-state index contributed by atoms with van der Waals surface area (Å²) in [5.41, 5.74) is 0. The Labute approximate surface area is 109 Å². The maximum atomic E-state index is 11.8. The number of hydrogen-bond acceptors (Lipinski definition) is 4. The molecule has 0 N–H and O–H groups in total. The van der Waals surface area contributed by atoms with Crippen molar-refractivity contribution in [3.63, 3.8) is 0 Å². The van der Waals surface area contributed by atoms with Gasteiger partial charge in [0.15, 0.2) is 15.6 Å². The molecule has 0 fully saturated rings. The molecule has 6 heteroatoms. The molecule has 0 saturated carbocycles. The molecule has 0 saturated heterocycles. The third kappa shape index (κ3) is 4.47. The Morgan fingerprint density at radius 2 is 1.88 bits per heavy atom. The van der Waals surface area contributed by atoms with Crippen molar-refractivity contribution in [1.82, 2.24) is 0 Å². The lowest BCUT2D eigenvalue weighted by Crippen LogP contribution is -2.19. The molecule has 0 unspecified atom stereocenters. The predicted molar refractivity (Wildman–Crippen MR) is 67.4 cm³/mol. The third-order valence-corrected chi connectivity index (χ3v) is 4.08. The van der Waals surface area contributed by atoms with E-state index in [0.717, 1.165) is 4.47 Å². The van der Waals surface area contributed by atoms with Crippen LogP contribution in [0.5, 0.6) is 0 Å². The highest BCUT2D eigenvalue weighted by molar-refractivity contribution is 9.10. The van der Waals surface area contributed by atoms with E-state index in [1.54, 1.807) is 12.1 Å². The zero-order valence-corrected chi connectivity index (χ0v) is 11.8. The molecule has 0 aliphatic carbocycles. The second kappa shape index (κ2) is 6.16. The van der Waals surface area contributed by atoms with Crippen LogP contribution in [0.4, 0.5) is 0 Å². The fourth-order valence-corrected chi connectivity index (χ4v) is 2.51. The number of halogens is 1. The van der Waals surface area contributed by atoms with Crippen LogP contribution >= 0.6 is 15.9 Å². The van der Waals surface area contributed by atoms with E-state index in [9.17, 15) is 13.2 Å². The van der Waals surface area contributed by atoms with Crippen LogP contribution in [0.2, 0.25) is 0 Å². The van der Waals surface area contributed by atoms with Crippen molar-refractivity contribution < 1.29 is 17.9 Å². The average molecular weight is 321 g/mol.